The van der Waals surface area contributed by atoms with Gasteiger partial charge in [-0.1, -0.05) is 32.9 Å². The van der Waals surface area contributed by atoms with Crippen LogP contribution in [0.3, 0.4) is 0 Å². The highest BCUT2D eigenvalue weighted by Gasteiger charge is 2.60. The van der Waals surface area contributed by atoms with Crippen molar-refractivity contribution in [1.29, 1.82) is 0 Å². The number of amides is 1. The fourth-order valence-corrected chi connectivity index (χ4v) is 4.57. The molecule has 4 rings (SSSR count). The van der Waals surface area contributed by atoms with Crippen LogP contribution < -0.4 is 11.2 Å². The Morgan fingerprint density at radius 1 is 1.36 bits per heavy atom. The lowest BCUT2D eigenvalue weighted by Gasteiger charge is -2.34. The molecule has 2 aromatic rings. The minimum atomic E-state index is -0.531. The van der Waals surface area contributed by atoms with Crippen LogP contribution in [0.15, 0.2) is 38.6 Å². The van der Waals surface area contributed by atoms with E-state index < -0.39 is 5.76 Å². The molecule has 1 aromatic carbocycles. The third kappa shape index (κ3) is 2.27. The summed E-state index contributed by atoms with van der Waals surface area (Å²) >= 11 is 0. The zero-order valence-electron chi connectivity index (χ0n) is 14.8. The number of fused-ring (bicyclic) bond motifs is 3. The standard InChI is InChI=1S/C19H23N3O3/c1-18(2)12-8-9-19(18,3)15(10-12)20-21-16(23)11-22-13-6-4-5-7-14(13)25-17(22)24/h4-7,12H,8-11H2,1-3H3,(H,21,23). The second kappa shape index (κ2) is 5.31. The summed E-state index contributed by atoms with van der Waals surface area (Å²) in [4.78, 5) is 24.3. The van der Waals surface area contributed by atoms with Gasteiger partial charge in [0.05, 0.1) is 5.52 Å². The lowest BCUT2D eigenvalue weighted by molar-refractivity contribution is -0.121. The van der Waals surface area contributed by atoms with Gasteiger partial charge in [0.25, 0.3) is 5.91 Å². The van der Waals surface area contributed by atoms with E-state index in [4.69, 9.17) is 4.42 Å². The number of nitrogens with one attached hydrogen (secondary N) is 1. The fourth-order valence-electron chi connectivity index (χ4n) is 4.57. The zero-order valence-corrected chi connectivity index (χ0v) is 14.8. The molecule has 0 radical (unpaired) electrons. The molecule has 2 saturated carbocycles. The first kappa shape index (κ1) is 16.1. The third-order valence-electron chi connectivity index (χ3n) is 6.70. The molecule has 0 aliphatic heterocycles. The number of para-hydroxylation sites is 2. The SMILES string of the molecule is CC12CCC(CC1=NNC(=O)Cn1c(=O)oc3ccccc31)C2(C)C. The third-order valence-corrected chi connectivity index (χ3v) is 6.70. The topological polar surface area (TPSA) is 76.6 Å². The van der Waals surface area contributed by atoms with Gasteiger partial charge in [0.1, 0.15) is 6.54 Å². The van der Waals surface area contributed by atoms with Crippen LogP contribution in [-0.2, 0) is 11.3 Å². The average Bonchev–Trinajstić information content (AvgIpc) is 3.07. The second-order valence-corrected chi connectivity index (χ2v) is 8.01. The Morgan fingerprint density at radius 3 is 2.80 bits per heavy atom. The molecular weight excluding hydrogens is 318 g/mol. The molecule has 1 N–H and O–H groups in total. The summed E-state index contributed by atoms with van der Waals surface area (Å²) in [5, 5.41) is 4.43. The first-order valence-corrected chi connectivity index (χ1v) is 8.77. The van der Waals surface area contributed by atoms with E-state index in [1.54, 1.807) is 18.2 Å². The van der Waals surface area contributed by atoms with Gasteiger partial charge in [-0.05, 0) is 42.7 Å². The summed E-state index contributed by atoms with van der Waals surface area (Å²) in [5.41, 5.74) is 5.08. The Hall–Kier alpha value is -2.37. The van der Waals surface area contributed by atoms with Crippen LogP contribution in [0.1, 0.15) is 40.0 Å². The van der Waals surface area contributed by atoms with E-state index in [0.717, 1.165) is 18.6 Å². The van der Waals surface area contributed by atoms with Crippen molar-refractivity contribution in [3.05, 3.63) is 34.8 Å². The average molecular weight is 341 g/mol. The Morgan fingerprint density at radius 2 is 2.12 bits per heavy atom. The second-order valence-electron chi connectivity index (χ2n) is 8.01. The first-order chi connectivity index (χ1) is 11.8. The number of hydrogen-bond acceptors (Lipinski definition) is 4. The number of oxazole rings is 1. The van der Waals surface area contributed by atoms with Crippen LogP contribution in [0.5, 0.6) is 0 Å². The zero-order chi connectivity index (χ0) is 17.8. The van der Waals surface area contributed by atoms with Gasteiger partial charge in [0, 0.05) is 11.1 Å². The maximum Gasteiger partial charge on any atom is 0.420 e. The molecule has 6 nitrogen and oxygen atoms in total. The Bertz CT molecular complexity index is 937. The molecule has 6 heteroatoms. The highest BCUT2D eigenvalue weighted by Crippen LogP contribution is 2.63. The smallest absolute Gasteiger partial charge is 0.408 e. The summed E-state index contributed by atoms with van der Waals surface area (Å²) in [6.07, 6.45) is 3.29. The normalized spacial score (nSPS) is 28.8. The highest BCUT2D eigenvalue weighted by atomic mass is 16.4. The molecule has 1 heterocycles. The number of rotatable bonds is 3. The van der Waals surface area contributed by atoms with Gasteiger partial charge in [0.2, 0.25) is 0 Å². The largest absolute Gasteiger partial charge is 0.420 e. The fraction of sp³-hybridized carbons (Fsp3) is 0.526. The highest BCUT2D eigenvalue weighted by molar-refractivity contribution is 5.95. The lowest BCUT2D eigenvalue weighted by atomic mass is 9.70. The van der Waals surface area contributed by atoms with E-state index >= 15 is 0 Å². The molecule has 2 aliphatic carbocycles. The first-order valence-electron chi connectivity index (χ1n) is 8.77. The van der Waals surface area contributed by atoms with Crippen molar-refractivity contribution in [2.75, 3.05) is 0 Å². The van der Waals surface area contributed by atoms with Crippen molar-refractivity contribution in [1.82, 2.24) is 9.99 Å². The molecule has 2 bridgehead atoms. The predicted octanol–water partition coefficient (Wildman–Crippen LogP) is 2.91. The molecule has 2 unspecified atom stereocenters. The minimum Gasteiger partial charge on any atom is -0.408 e. The van der Waals surface area contributed by atoms with E-state index in [9.17, 15) is 9.59 Å². The van der Waals surface area contributed by atoms with E-state index in [0.29, 0.717) is 17.0 Å². The van der Waals surface area contributed by atoms with Crippen molar-refractivity contribution in [3.63, 3.8) is 0 Å². The molecule has 1 amide bonds. The minimum absolute atomic E-state index is 0.0458. The van der Waals surface area contributed by atoms with Crippen LogP contribution in [0, 0.1) is 16.7 Å². The molecule has 25 heavy (non-hydrogen) atoms. The van der Waals surface area contributed by atoms with Crippen LogP contribution in [-0.4, -0.2) is 16.2 Å². The Kier molecular flexibility index (Phi) is 3.42. The summed E-state index contributed by atoms with van der Waals surface area (Å²) in [5.74, 6) is -0.212. The van der Waals surface area contributed by atoms with Gasteiger partial charge in [0.15, 0.2) is 5.58 Å². The maximum absolute atomic E-state index is 12.3. The molecule has 0 spiro atoms. The number of carbonyl (C=O) groups is 1. The molecule has 1 aromatic heterocycles. The maximum atomic E-state index is 12.3. The van der Waals surface area contributed by atoms with Crippen molar-refractivity contribution in [3.8, 4) is 0 Å². The van der Waals surface area contributed by atoms with Gasteiger partial charge in [-0.15, -0.1) is 0 Å². The van der Waals surface area contributed by atoms with Gasteiger partial charge >= 0.3 is 5.76 Å². The number of carbonyl (C=O) groups excluding carboxylic acids is 1. The van der Waals surface area contributed by atoms with E-state index in [2.05, 4.69) is 31.3 Å². The molecule has 0 saturated heterocycles. The molecule has 2 fully saturated rings. The monoisotopic (exact) mass is 341 g/mol. The van der Waals surface area contributed by atoms with Gasteiger partial charge < -0.3 is 4.42 Å². The quantitative estimate of drug-likeness (QED) is 0.872. The number of aromatic nitrogens is 1. The summed E-state index contributed by atoms with van der Waals surface area (Å²) < 4.78 is 6.48. The van der Waals surface area contributed by atoms with Crippen molar-refractivity contribution < 1.29 is 9.21 Å². The van der Waals surface area contributed by atoms with Crippen LogP contribution in [0.2, 0.25) is 0 Å². The summed E-state index contributed by atoms with van der Waals surface area (Å²) in [6.45, 7) is 6.74. The molecule has 2 atom stereocenters. The number of nitrogens with zero attached hydrogens (tertiary/aromatic N) is 2. The summed E-state index contributed by atoms with van der Waals surface area (Å²) in [7, 11) is 0. The van der Waals surface area contributed by atoms with Crippen LogP contribution in [0.25, 0.3) is 11.1 Å². The van der Waals surface area contributed by atoms with E-state index in [1.807, 2.05) is 6.07 Å². The lowest BCUT2D eigenvalue weighted by Crippen LogP contribution is -2.35. The van der Waals surface area contributed by atoms with Gasteiger partial charge in [-0.2, -0.15) is 5.10 Å². The van der Waals surface area contributed by atoms with Crippen LogP contribution >= 0.6 is 0 Å². The molecular formula is C19H23N3O3. The molecule has 132 valence electrons. The van der Waals surface area contributed by atoms with Crippen molar-refractivity contribution in [2.24, 2.45) is 21.8 Å². The number of hydrazone groups is 1. The van der Waals surface area contributed by atoms with Crippen molar-refractivity contribution >= 4 is 22.7 Å². The van der Waals surface area contributed by atoms with E-state index in [-0.39, 0.29) is 23.3 Å². The Balaban J connectivity index is 1.52. The molecule has 2 aliphatic rings. The van der Waals surface area contributed by atoms with Gasteiger partial charge in [-0.3, -0.25) is 9.36 Å². The van der Waals surface area contributed by atoms with Crippen LogP contribution in [0.4, 0.5) is 0 Å². The van der Waals surface area contributed by atoms with Crippen molar-refractivity contribution in [2.45, 2.75) is 46.6 Å². The summed E-state index contributed by atoms with van der Waals surface area (Å²) in [6, 6.07) is 7.08. The Labute approximate surface area is 145 Å². The van der Waals surface area contributed by atoms with E-state index in [1.165, 1.54) is 11.0 Å². The predicted molar refractivity (Wildman–Crippen MR) is 95.3 cm³/mol. The number of hydrogen-bond donors (Lipinski definition) is 1. The van der Waals surface area contributed by atoms with Gasteiger partial charge in [-0.25, -0.2) is 10.2 Å². The number of benzene rings is 1.